The summed E-state index contributed by atoms with van der Waals surface area (Å²) in [5.41, 5.74) is 3.29. The number of nitrogens with one attached hydrogen (secondary N) is 3. The zero-order valence-corrected chi connectivity index (χ0v) is 35.5. The van der Waals surface area contributed by atoms with Gasteiger partial charge in [-0.05, 0) is 111 Å². The highest BCUT2D eigenvalue weighted by Crippen LogP contribution is 2.47. The first-order chi connectivity index (χ1) is 27.1. The molecule has 5 rings (SSSR count). The number of allylic oxidation sites excluding steroid dienone is 2. The molecule has 0 aromatic heterocycles. The number of ether oxygens (including phenoxy) is 2. The van der Waals surface area contributed by atoms with Crippen molar-refractivity contribution < 1.29 is 23.3 Å². The van der Waals surface area contributed by atoms with Crippen LogP contribution in [0.25, 0.3) is 0 Å². The van der Waals surface area contributed by atoms with Crippen LogP contribution in [0.5, 0.6) is 5.75 Å². The van der Waals surface area contributed by atoms with E-state index in [0.29, 0.717) is 44.1 Å². The summed E-state index contributed by atoms with van der Waals surface area (Å²) in [6, 6.07) is 11.8. The van der Waals surface area contributed by atoms with Crippen molar-refractivity contribution in [1.82, 2.24) is 20.3 Å². The van der Waals surface area contributed by atoms with E-state index < -0.39 is 16.6 Å². The van der Waals surface area contributed by atoms with E-state index in [1.54, 1.807) is 6.07 Å². The Morgan fingerprint density at radius 2 is 1.98 bits per heavy atom. The third-order valence-corrected chi connectivity index (χ3v) is 13.9. The van der Waals surface area contributed by atoms with E-state index in [-0.39, 0.29) is 28.9 Å². The van der Waals surface area contributed by atoms with E-state index >= 15 is 0 Å². The Kier molecular flexibility index (Phi) is 16.9. The number of rotatable bonds is 17. The molecular formula is C44H64ClN5O5S. The first-order valence-corrected chi connectivity index (χ1v) is 22.2. The summed E-state index contributed by atoms with van der Waals surface area (Å²) >= 11 is 6.51. The second-order valence-corrected chi connectivity index (χ2v) is 17.8. The highest BCUT2D eigenvalue weighted by molar-refractivity contribution is 7.84. The van der Waals surface area contributed by atoms with Crippen molar-refractivity contribution in [2.45, 2.75) is 82.5 Å². The van der Waals surface area contributed by atoms with Crippen LogP contribution in [0, 0.1) is 17.8 Å². The molecule has 7 unspecified atom stereocenters. The number of halogens is 1. The molecule has 1 aliphatic carbocycles. The van der Waals surface area contributed by atoms with E-state index in [4.69, 9.17) is 21.1 Å². The zero-order chi connectivity index (χ0) is 40.1. The third kappa shape index (κ3) is 11.2. The molecule has 2 amide bonds. The van der Waals surface area contributed by atoms with Gasteiger partial charge in [0, 0.05) is 69.4 Å². The van der Waals surface area contributed by atoms with E-state index in [1.807, 2.05) is 38.3 Å². The van der Waals surface area contributed by atoms with Gasteiger partial charge in [0.2, 0.25) is 6.41 Å². The van der Waals surface area contributed by atoms with Crippen LogP contribution in [0.1, 0.15) is 86.7 Å². The van der Waals surface area contributed by atoms with Crippen molar-refractivity contribution in [2.75, 3.05) is 71.0 Å². The molecule has 2 bridgehead atoms. The molecule has 12 heteroatoms. The van der Waals surface area contributed by atoms with Crippen LogP contribution in [0.15, 0.2) is 61.2 Å². The van der Waals surface area contributed by atoms with E-state index in [9.17, 15) is 13.8 Å². The highest BCUT2D eigenvalue weighted by atomic mass is 35.5. The Bertz CT molecular complexity index is 1680. The summed E-state index contributed by atoms with van der Waals surface area (Å²) in [6.07, 6.45) is 13.9. The molecule has 2 heterocycles. The Hall–Kier alpha value is -3.22. The smallest absolute Gasteiger partial charge is 0.263 e. The van der Waals surface area contributed by atoms with Gasteiger partial charge in [-0.25, -0.2) is 4.21 Å². The molecule has 0 spiro atoms. The number of carbonyl (C=O) groups is 2. The zero-order valence-electron chi connectivity index (χ0n) is 33.9. The van der Waals surface area contributed by atoms with Gasteiger partial charge in [0.15, 0.2) is 0 Å². The molecule has 0 saturated heterocycles. The van der Waals surface area contributed by atoms with E-state index in [2.05, 4.69) is 69.9 Å². The number of nitrogens with zero attached hydrogens (tertiary/aromatic N) is 2. The van der Waals surface area contributed by atoms with Crippen LogP contribution < -0.4 is 25.0 Å². The summed E-state index contributed by atoms with van der Waals surface area (Å²) in [5.74, 6) is 1.11. The number of amides is 2. The van der Waals surface area contributed by atoms with Gasteiger partial charge in [0.1, 0.15) is 22.3 Å². The van der Waals surface area contributed by atoms with Crippen LogP contribution in [-0.2, 0) is 26.9 Å². The standard InChI is InChI=1S/C44H64ClN5O5S/c1-6-8-9-23-49(24-22-46-20-21-47-31-51)30-44(54-5)19-10-12-32(3)33(4)56(53)48-43(52)35-14-18-42-41(26-35)50(27-36-13-17-40(36)44)28-37(29-55-42)39-16-15-38(45)25-34(39)11-7-2/h6,10,14-16,18-19,25-26,31-33,36-37,40,46H,1,7-9,11-13,17,20-24,27-30H2,2-5H3,(H,47,51)(H,48,52)/b19-10+. The van der Waals surface area contributed by atoms with Gasteiger partial charge in [0.05, 0.1) is 17.5 Å². The molecule has 10 nitrogen and oxygen atoms in total. The molecule has 7 atom stereocenters. The Balaban J connectivity index is 1.52. The van der Waals surface area contributed by atoms with Crippen molar-refractivity contribution in [3.8, 4) is 5.75 Å². The molecule has 56 heavy (non-hydrogen) atoms. The lowest BCUT2D eigenvalue weighted by atomic mass is 9.63. The average molecular weight is 811 g/mol. The topological polar surface area (TPSA) is 112 Å². The average Bonchev–Trinajstić information content (AvgIpc) is 3.36. The molecule has 0 radical (unpaired) electrons. The van der Waals surface area contributed by atoms with Gasteiger partial charge >= 0.3 is 0 Å². The third-order valence-electron chi connectivity index (χ3n) is 12.1. The minimum Gasteiger partial charge on any atom is -0.491 e. The number of unbranched alkanes of at least 4 members (excludes halogenated alkanes) is 1. The SMILES string of the molecule is C=CCCCN(CCNCCNC=O)CC1(OC)/C=C/CC(C)C(C)S(=O)NC(=O)c2ccc3c(c2)N(CC(c2ccc(Cl)cc2CCC)CO3)CC2CCC21. The predicted octanol–water partition coefficient (Wildman–Crippen LogP) is 6.67. The van der Waals surface area contributed by atoms with Crippen molar-refractivity contribution in [3.05, 3.63) is 82.9 Å². The Morgan fingerprint density at radius 3 is 2.71 bits per heavy atom. The number of fused-ring (bicyclic) bond motifs is 2. The van der Waals surface area contributed by atoms with Crippen molar-refractivity contribution >= 4 is 40.6 Å². The molecular weight excluding hydrogens is 746 g/mol. The number of hydrogen-bond acceptors (Lipinski definition) is 8. The Labute approximate surface area is 342 Å². The number of carbonyl (C=O) groups excluding carboxylic acids is 2. The van der Waals surface area contributed by atoms with Gasteiger partial charge in [-0.2, -0.15) is 0 Å². The fourth-order valence-corrected chi connectivity index (χ4v) is 9.75. The molecule has 308 valence electrons. The highest BCUT2D eigenvalue weighted by Gasteiger charge is 2.48. The minimum absolute atomic E-state index is 0.0539. The fourth-order valence-electron chi connectivity index (χ4n) is 8.53. The number of hydrogen-bond donors (Lipinski definition) is 3. The molecule has 1 fully saturated rings. The van der Waals surface area contributed by atoms with Gasteiger partial charge in [-0.15, -0.1) is 6.58 Å². The normalized spacial score (nSPS) is 27.2. The number of benzene rings is 2. The van der Waals surface area contributed by atoms with Crippen LogP contribution in [0.3, 0.4) is 0 Å². The van der Waals surface area contributed by atoms with Gasteiger partial charge < -0.3 is 25.0 Å². The number of methoxy groups -OCH3 is 1. The quantitative estimate of drug-likeness (QED) is 0.0924. The largest absolute Gasteiger partial charge is 0.491 e. The maximum atomic E-state index is 13.6. The van der Waals surface area contributed by atoms with Crippen LogP contribution >= 0.6 is 11.6 Å². The molecule has 3 N–H and O–H groups in total. The molecule has 2 aliphatic heterocycles. The Morgan fingerprint density at radius 1 is 1.14 bits per heavy atom. The second-order valence-electron chi connectivity index (χ2n) is 15.9. The van der Waals surface area contributed by atoms with Crippen molar-refractivity contribution in [2.24, 2.45) is 17.8 Å². The van der Waals surface area contributed by atoms with Crippen LogP contribution in [0.2, 0.25) is 5.02 Å². The lowest BCUT2D eigenvalue weighted by molar-refractivity contribution is -0.109. The first-order valence-electron chi connectivity index (χ1n) is 20.6. The van der Waals surface area contributed by atoms with Gasteiger partial charge in [0.25, 0.3) is 5.91 Å². The summed E-state index contributed by atoms with van der Waals surface area (Å²) in [5, 5.41) is 6.68. The predicted molar refractivity (Wildman–Crippen MR) is 229 cm³/mol. The molecule has 3 aliphatic rings. The van der Waals surface area contributed by atoms with Crippen LogP contribution in [0.4, 0.5) is 5.69 Å². The van der Waals surface area contributed by atoms with E-state index in [1.165, 1.54) is 11.1 Å². The second kappa shape index (κ2) is 21.5. The summed E-state index contributed by atoms with van der Waals surface area (Å²) in [6.45, 7) is 16.7. The van der Waals surface area contributed by atoms with E-state index in [0.717, 1.165) is 94.1 Å². The van der Waals surface area contributed by atoms with Crippen molar-refractivity contribution in [3.63, 3.8) is 0 Å². The first kappa shape index (κ1) is 43.9. The van der Waals surface area contributed by atoms with Gasteiger partial charge in [-0.1, -0.05) is 56.2 Å². The van der Waals surface area contributed by atoms with Crippen LogP contribution in [-0.4, -0.2) is 98.4 Å². The number of anilines is 1. The fraction of sp³-hybridized carbons (Fsp3) is 0.591. The number of aryl methyl sites for hydroxylation is 1. The lowest BCUT2D eigenvalue weighted by Crippen LogP contribution is -2.57. The molecule has 2 aromatic rings. The summed E-state index contributed by atoms with van der Waals surface area (Å²) in [4.78, 5) is 29.3. The molecule has 2 aromatic carbocycles. The van der Waals surface area contributed by atoms with Gasteiger partial charge in [-0.3, -0.25) is 19.2 Å². The summed E-state index contributed by atoms with van der Waals surface area (Å²) < 4.78 is 29.7. The monoisotopic (exact) mass is 809 g/mol. The van der Waals surface area contributed by atoms with Crippen molar-refractivity contribution in [1.29, 1.82) is 0 Å². The summed E-state index contributed by atoms with van der Waals surface area (Å²) in [7, 11) is 0.273. The lowest BCUT2D eigenvalue weighted by Gasteiger charge is -2.51. The minimum atomic E-state index is -1.58. The maximum absolute atomic E-state index is 13.6. The maximum Gasteiger partial charge on any atom is 0.263 e. The molecule has 1 saturated carbocycles.